The molecule has 10 aromatic rings. The number of fused-ring (bicyclic) bond motifs is 11. The second kappa shape index (κ2) is 8.30. The molecule has 0 amide bonds. The molecule has 0 saturated heterocycles. The van der Waals surface area contributed by atoms with Crippen LogP contribution in [0.1, 0.15) is 0 Å². The number of aromatic nitrogens is 3. The Bertz CT molecular complexity index is 2690. The summed E-state index contributed by atoms with van der Waals surface area (Å²) in [4.78, 5) is 10.7. The average Bonchev–Trinajstić information content (AvgIpc) is 3.73. The minimum Gasteiger partial charge on any atom is -0.456 e. The molecular weight excluding hydrogens is 530 g/mol. The molecule has 0 aliphatic heterocycles. The van der Waals surface area contributed by atoms with Crippen molar-refractivity contribution >= 4 is 76.7 Å². The minimum absolute atomic E-state index is 0.780. The van der Waals surface area contributed by atoms with Gasteiger partial charge in [-0.05, 0) is 48.5 Å². The Balaban J connectivity index is 1.41. The number of hydrogen-bond donors (Lipinski definition) is 0. The Morgan fingerprint density at radius 1 is 0.419 bits per heavy atom. The van der Waals surface area contributed by atoms with Crippen LogP contribution < -0.4 is 0 Å². The second-order valence-corrected chi connectivity index (χ2v) is 10.9. The zero-order valence-electron chi connectivity index (χ0n) is 22.8. The fourth-order valence-corrected chi connectivity index (χ4v) is 6.80. The molecule has 0 bridgehead atoms. The summed E-state index contributed by atoms with van der Waals surface area (Å²) in [5.74, 6) is 0.780. The molecule has 0 saturated carbocycles. The van der Waals surface area contributed by atoms with E-state index in [1.807, 2.05) is 60.7 Å². The first-order valence-electron chi connectivity index (χ1n) is 14.3. The zero-order chi connectivity index (χ0) is 28.1. The van der Waals surface area contributed by atoms with Gasteiger partial charge in [-0.2, -0.15) is 0 Å². The highest BCUT2D eigenvalue weighted by molar-refractivity contribution is 6.28. The Hall–Kier alpha value is -5.94. The normalized spacial score (nSPS) is 12.2. The van der Waals surface area contributed by atoms with E-state index < -0.39 is 0 Å². The van der Waals surface area contributed by atoms with Gasteiger partial charge in [0.15, 0.2) is 5.82 Å². The molecule has 10 rings (SSSR count). The third kappa shape index (κ3) is 3.05. The standard InChI is InChI=1S/C38H21N3O2/c1-6-16-28-22(10-1)23-11-2-7-17-29(23)41(28)38-37(39-26-14-4-5-15-27(26)40-38)25-13-9-19-31-35(25)36-33(43-31)21-20-32-34(36)24-12-3-8-18-30(24)42-32/h1-21H. The van der Waals surface area contributed by atoms with Crippen molar-refractivity contribution in [2.45, 2.75) is 0 Å². The summed E-state index contributed by atoms with van der Waals surface area (Å²) in [6.07, 6.45) is 0. The summed E-state index contributed by atoms with van der Waals surface area (Å²) in [7, 11) is 0. The lowest BCUT2D eigenvalue weighted by Crippen LogP contribution is -2.03. The molecule has 4 heterocycles. The highest BCUT2D eigenvalue weighted by atomic mass is 16.3. The zero-order valence-corrected chi connectivity index (χ0v) is 22.8. The third-order valence-electron chi connectivity index (χ3n) is 8.60. The summed E-state index contributed by atoms with van der Waals surface area (Å²) < 4.78 is 15.0. The monoisotopic (exact) mass is 551 g/mol. The predicted molar refractivity (Wildman–Crippen MR) is 174 cm³/mol. The van der Waals surface area contributed by atoms with Crippen molar-refractivity contribution in [2.75, 3.05) is 0 Å². The summed E-state index contributed by atoms with van der Waals surface area (Å²) in [5, 5.41) is 6.49. The molecule has 200 valence electrons. The van der Waals surface area contributed by atoms with Crippen molar-refractivity contribution in [3.63, 3.8) is 0 Å². The van der Waals surface area contributed by atoms with Crippen LogP contribution in [0.2, 0.25) is 0 Å². The fraction of sp³-hybridized carbons (Fsp3) is 0. The Kier molecular flexibility index (Phi) is 4.39. The van der Waals surface area contributed by atoms with E-state index >= 15 is 0 Å². The van der Waals surface area contributed by atoms with Crippen LogP contribution >= 0.6 is 0 Å². The van der Waals surface area contributed by atoms with Gasteiger partial charge in [-0.1, -0.05) is 78.9 Å². The van der Waals surface area contributed by atoms with E-state index in [1.165, 1.54) is 10.8 Å². The van der Waals surface area contributed by atoms with Crippen molar-refractivity contribution in [1.29, 1.82) is 0 Å². The molecule has 0 unspecified atom stereocenters. The van der Waals surface area contributed by atoms with Gasteiger partial charge >= 0.3 is 0 Å². The van der Waals surface area contributed by atoms with Gasteiger partial charge in [-0.15, -0.1) is 0 Å². The fourth-order valence-electron chi connectivity index (χ4n) is 6.80. The molecule has 5 nitrogen and oxygen atoms in total. The molecule has 0 spiro atoms. The first-order valence-corrected chi connectivity index (χ1v) is 14.3. The lowest BCUT2D eigenvalue weighted by molar-refractivity contribution is 0.663. The number of nitrogens with zero attached hydrogens (tertiary/aromatic N) is 3. The van der Waals surface area contributed by atoms with Gasteiger partial charge in [0.2, 0.25) is 0 Å². The van der Waals surface area contributed by atoms with Crippen LogP contribution in [0.4, 0.5) is 0 Å². The van der Waals surface area contributed by atoms with E-state index in [9.17, 15) is 0 Å². The number of rotatable bonds is 2. The van der Waals surface area contributed by atoms with E-state index in [2.05, 4.69) is 71.3 Å². The van der Waals surface area contributed by atoms with Crippen LogP contribution in [0.25, 0.3) is 93.8 Å². The Morgan fingerprint density at radius 3 is 1.74 bits per heavy atom. The number of hydrogen-bond acceptors (Lipinski definition) is 4. The van der Waals surface area contributed by atoms with E-state index in [4.69, 9.17) is 18.8 Å². The third-order valence-corrected chi connectivity index (χ3v) is 8.60. The van der Waals surface area contributed by atoms with Gasteiger partial charge in [-0.3, -0.25) is 4.57 Å². The lowest BCUT2D eigenvalue weighted by Gasteiger charge is -2.14. The van der Waals surface area contributed by atoms with Gasteiger partial charge in [0.25, 0.3) is 0 Å². The van der Waals surface area contributed by atoms with Crippen LogP contribution in [-0.2, 0) is 0 Å². The highest BCUT2D eigenvalue weighted by Crippen LogP contribution is 2.44. The minimum atomic E-state index is 0.780. The van der Waals surface area contributed by atoms with Gasteiger partial charge < -0.3 is 8.83 Å². The average molecular weight is 552 g/mol. The van der Waals surface area contributed by atoms with Crippen molar-refractivity contribution < 1.29 is 8.83 Å². The first kappa shape index (κ1) is 22.7. The molecule has 4 aromatic heterocycles. The number of benzene rings is 6. The number of furan rings is 2. The summed E-state index contributed by atoms with van der Waals surface area (Å²) >= 11 is 0. The van der Waals surface area contributed by atoms with Gasteiger partial charge in [0, 0.05) is 37.9 Å². The first-order chi connectivity index (χ1) is 21.3. The molecule has 0 atom stereocenters. The van der Waals surface area contributed by atoms with Crippen molar-refractivity contribution in [3.8, 4) is 17.1 Å². The molecular formula is C38H21N3O2. The molecule has 0 aliphatic carbocycles. The topological polar surface area (TPSA) is 57.0 Å². The summed E-state index contributed by atoms with van der Waals surface area (Å²) in [5.41, 5.74) is 8.91. The second-order valence-electron chi connectivity index (χ2n) is 10.9. The van der Waals surface area contributed by atoms with E-state index in [-0.39, 0.29) is 0 Å². The maximum absolute atomic E-state index is 6.50. The van der Waals surface area contributed by atoms with Crippen molar-refractivity contribution in [3.05, 3.63) is 127 Å². The van der Waals surface area contributed by atoms with Crippen molar-refractivity contribution in [2.24, 2.45) is 0 Å². The van der Waals surface area contributed by atoms with Gasteiger partial charge in [0.05, 0.1) is 22.1 Å². The maximum atomic E-state index is 6.50. The Morgan fingerprint density at radius 2 is 0.977 bits per heavy atom. The van der Waals surface area contributed by atoms with E-state index in [0.717, 1.165) is 83.0 Å². The van der Waals surface area contributed by atoms with Crippen LogP contribution in [0.15, 0.2) is 136 Å². The Labute approximate surface area is 244 Å². The smallest absolute Gasteiger partial charge is 0.165 e. The van der Waals surface area contributed by atoms with E-state index in [1.54, 1.807) is 0 Å². The molecule has 6 aromatic carbocycles. The molecule has 43 heavy (non-hydrogen) atoms. The van der Waals surface area contributed by atoms with E-state index in [0.29, 0.717) is 0 Å². The summed E-state index contributed by atoms with van der Waals surface area (Å²) in [6.45, 7) is 0. The largest absolute Gasteiger partial charge is 0.456 e. The SMILES string of the molecule is c1ccc2nc(-n3c4ccccc4c4ccccc43)c(-c3cccc4oc5ccc6oc7ccccc7c6c5c34)nc2c1. The van der Waals surface area contributed by atoms with Crippen LogP contribution in [0, 0.1) is 0 Å². The lowest BCUT2D eigenvalue weighted by atomic mass is 9.99. The molecule has 0 N–H and O–H groups in total. The van der Waals surface area contributed by atoms with Crippen LogP contribution in [0.5, 0.6) is 0 Å². The number of para-hydroxylation sites is 5. The molecule has 0 radical (unpaired) electrons. The van der Waals surface area contributed by atoms with Crippen LogP contribution in [0.3, 0.4) is 0 Å². The van der Waals surface area contributed by atoms with Crippen molar-refractivity contribution in [1.82, 2.24) is 14.5 Å². The molecule has 5 heteroatoms. The maximum Gasteiger partial charge on any atom is 0.165 e. The van der Waals surface area contributed by atoms with Gasteiger partial charge in [-0.25, -0.2) is 9.97 Å². The van der Waals surface area contributed by atoms with Gasteiger partial charge in [0.1, 0.15) is 28.0 Å². The quantitative estimate of drug-likeness (QED) is 0.214. The molecule has 0 fully saturated rings. The molecule has 0 aliphatic rings. The summed E-state index contributed by atoms with van der Waals surface area (Å²) in [6, 6.07) is 43.5. The predicted octanol–water partition coefficient (Wildman–Crippen LogP) is 10.2. The highest BCUT2D eigenvalue weighted by Gasteiger charge is 2.24. The van der Waals surface area contributed by atoms with Crippen LogP contribution in [-0.4, -0.2) is 14.5 Å².